The van der Waals surface area contributed by atoms with Gasteiger partial charge in [0.25, 0.3) is 0 Å². The maximum absolute atomic E-state index is 13.4. The van der Waals surface area contributed by atoms with E-state index in [4.69, 9.17) is 0 Å². The van der Waals surface area contributed by atoms with Crippen molar-refractivity contribution in [1.29, 1.82) is 0 Å². The molecule has 2 N–H and O–H groups in total. The molecular weight excluding hydrogens is 373 g/mol. The number of nitrogens with one attached hydrogen (secondary N) is 2. The number of alkyl halides is 1. The van der Waals surface area contributed by atoms with E-state index in [-0.39, 0.29) is 34.7 Å². The van der Waals surface area contributed by atoms with Crippen LogP contribution >= 0.6 is 15.9 Å². The average molecular weight is 398 g/mol. The molecule has 0 spiro atoms. The summed E-state index contributed by atoms with van der Waals surface area (Å²) in [6.45, 7) is 5.06. The minimum absolute atomic E-state index is 0.0698. The Balaban J connectivity index is 1.68. The zero-order valence-corrected chi connectivity index (χ0v) is 15.7. The number of carbonyl (C=O) groups excluding carboxylic acids is 1. The number of hydrogen-bond donors (Lipinski definition) is 2. The summed E-state index contributed by atoms with van der Waals surface area (Å²) in [5.74, 6) is 0.345. The SMILES string of the molecule is CC(C)C1NNC(C(=O)N2CCCC2Cc2cccc(F)c2)C1Br. The number of amides is 1. The lowest BCUT2D eigenvalue weighted by atomic mass is 9.98. The minimum Gasteiger partial charge on any atom is -0.338 e. The molecule has 3 rings (SSSR count). The lowest BCUT2D eigenvalue weighted by Crippen LogP contribution is -2.50. The second-order valence-corrected chi connectivity index (χ2v) is 8.20. The van der Waals surface area contributed by atoms with E-state index in [1.165, 1.54) is 6.07 Å². The summed E-state index contributed by atoms with van der Waals surface area (Å²) in [6.07, 6.45) is 2.69. The zero-order chi connectivity index (χ0) is 17.3. The molecule has 4 atom stereocenters. The van der Waals surface area contributed by atoms with Crippen LogP contribution in [0.3, 0.4) is 0 Å². The number of hydrazine groups is 1. The normalized spacial score (nSPS) is 30.3. The molecule has 0 radical (unpaired) electrons. The molecule has 24 heavy (non-hydrogen) atoms. The maximum atomic E-state index is 13.4. The molecular formula is C18H25BrFN3O. The number of hydrogen-bond acceptors (Lipinski definition) is 3. The summed E-state index contributed by atoms with van der Waals surface area (Å²) < 4.78 is 13.4. The van der Waals surface area contributed by atoms with E-state index in [1.54, 1.807) is 12.1 Å². The molecule has 1 aromatic rings. The highest BCUT2D eigenvalue weighted by molar-refractivity contribution is 9.09. The molecule has 0 aliphatic carbocycles. The minimum atomic E-state index is -0.259. The maximum Gasteiger partial charge on any atom is 0.242 e. The fourth-order valence-electron chi connectivity index (χ4n) is 3.74. The van der Waals surface area contributed by atoms with E-state index in [0.717, 1.165) is 24.9 Å². The fourth-order valence-corrected chi connectivity index (χ4v) is 4.84. The van der Waals surface area contributed by atoms with Crippen LogP contribution in [0, 0.1) is 11.7 Å². The highest BCUT2D eigenvalue weighted by atomic mass is 79.9. The summed E-state index contributed by atoms with van der Waals surface area (Å²) in [4.78, 5) is 15.1. The standard InChI is InChI=1S/C18H25BrFN3O/c1-11(2)16-15(19)17(22-21-16)18(24)23-8-4-7-14(23)10-12-5-3-6-13(20)9-12/h3,5-6,9,11,14-17,21-22H,4,7-8,10H2,1-2H3. The summed E-state index contributed by atoms with van der Waals surface area (Å²) >= 11 is 3.69. The second-order valence-electron chi connectivity index (χ2n) is 7.14. The Hall–Kier alpha value is -0.980. The van der Waals surface area contributed by atoms with Gasteiger partial charge in [0, 0.05) is 18.6 Å². The zero-order valence-electron chi connectivity index (χ0n) is 14.1. The van der Waals surface area contributed by atoms with Gasteiger partial charge in [-0.15, -0.1) is 0 Å². The molecule has 2 heterocycles. The first-order valence-electron chi connectivity index (χ1n) is 8.67. The van der Waals surface area contributed by atoms with Gasteiger partial charge < -0.3 is 4.90 Å². The first-order valence-corrected chi connectivity index (χ1v) is 9.59. The summed E-state index contributed by atoms with van der Waals surface area (Å²) in [6, 6.07) is 6.81. The second kappa shape index (κ2) is 7.50. The molecule has 4 nitrogen and oxygen atoms in total. The number of carbonyl (C=O) groups is 1. The highest BCUT2D eigenvalue weighted by Crippen LogP contribution is 2.27. The van der Waals surface area contributed by atoms with Crippen LogP contribution in [0.1, 0.15) is 32.3 Å². The van der Waals surface area contributed by atoms with Crippen molar-refractivity contribution in [3.8, 4) is 0 Å². The third-order valence-corrected chi connectivity index (χ3v) is 6.17. The molecule has 2 aliphatic rings. The van der Waals surface area contributed by atoms with Crippen LogP contribution in [0.4, 0.5) is 4.39 Å². The first kappa shape index (κ1) is 17.8. The molecule has 4 unspecified atom stereocenters. The first-order chi connectivity index (χ1) is 11.5. The van der Waals surface area contributed by atoms with Crippen LogP contribution in [0.15, 0.2) is 24.3 Å². The van der Waals surface area contributed by atoms with Gasteiger partial charge in [-0.25, -0.2) is 9.82 Å². The number of rotatable bonds is 4. The predicted molar refractivity (Wildman–Crippen MR) is 96.2 cm³/mol. The van der Waals surface area contributed by atoms with Crippen molar-refractivity contribution >= 4 is 21.8 Å². The van der Waals surface area contributed by atoms with Crippen molar-refractivity contribution in [2.45, 2.75) is 56.1 Å². The van der Waals surface area contributed by atoms with Crippen LogP contribution in [0.5, 0.6) is 0 Å². The molecule has 0 aromatic heterocycles. The van der Waals surface area contributed by atoms with Crippen LogP contribution in [-0.2, 0) is 11.2 Å². The lowest BCUT2D eigenvalue weighted by molar-refractivity contribution is -0.133. The van der Waals surface area contributed by atoms with Gasteiger partial charge in [-0.1, -0.05) is 41.9 Å². The molecule has 0 saturated carbocycles. The summed E-state index contributed by atoms with van der Waals surface area (Å²) in [5, 5.41) is 0. The Morgan fingerprint density at radius 3 is 2.88 bits per heavy atom. The van der Waals surface area contributed by atoms with E-state index < -0.39 is 0 Å². The predicted octanol–water partition coefficient (Wildman–Crippen LogP) is 2.62. The van der Waals surface area contributed by atoms with Crippen molar-refractivity contribution in [3.05, 3.63) is 35.6 Å². The van der Waals surface area contributed by atoms with Crippen LogP contribution in [-0.4, -0.2) is 40.3 Å². The molecule has 6 heteroatoms. The third kappa shape index (κ3) is 3.65. The number of halogens is 2. The van der Waals surface area contributed by atoms with Gasteiger partial charge in [-0.3, -0.25) is 10.2 Å². The van der Waals surface area contributed by atoms with Crippen LogP contribution in [0.2, 0.25) is 0 Å². The molecule has 1 aromatic carbocycles. The fraction of sp³-hybridized carbons (Fsp3) is 0.611. The summed E-state index contributed by atoms with van der Waals surface area (Å²) in [7, 11) is 0. The largest absolute Gasteiger partial charge is 0.338 e. The van der Waals surface area contributed by atoms with Crippen molar-refractivity contribution < 1.29 is 9.18 Å². The Morgan fingerprint density at radius 1 is 1.42 bits per heavy atom. The number of nitrogens with zero attached hydrogens (tertiary/aromatic N) is 1. The van der Waals surface area contributed by atoms with Gasteiger partial charge in [0.1, 0.15) is 11.9 Å². The van der Waals surface area contributed by atoms with E-state index in [0.29, 0.717) is 12.3 Å². The highest BCUT2D eigenvalue weighted by Gasteiger charge is 2.43. The lowest BCUT2D eigenvalue weighted by Gasteiger charge is -2.29. The van der Waals surface area contributed by atoms with Crippen LogP contribution < -0.4 is 10.9 Å². The van der Waals surface area contributed by atoms with Gasteiger partial charge in [0.2, 0.25) is 5.91 Å². The summed E-state index contributed by atoms with van der Waals surface area (Å²) in [5.41, 5.74) is 7.35. The molecule has 2 fully saturated rings. The molecule has 0 bridgehead atoms. The van der Waals surface area contributed by atoms with E-state index in [1.807, 2.05) is 11.0 Å². The Morgan fingerprint density at radius 2 is 2.21 bits per heavy atom. The Bertz CT molecular complexity index is 597. The molecule has 2 aliphatic heterocycles. The van der Waals surface area contributed by atoms with Crippen molar-refractivity contribution in [2.24, 2.45) is 5.92 Å². The number of likely N-dealkylation sites (tertiary alicyclic amines) is 1. The smallest absolute Gasteiger partial charge is 0.242 e. The molecule has 1 amide bonds. The van der Waals surface area contributed by atoms with E-state index in [9.17, 15) is 9.18 Å². The van der Waals surface area contributed by atoms with Gasteiger partial charge in [-0.2, -0.15) is 0 Å². The van der Waals surface area contributed by atoms with E-state index >= 15 is 0 Å². The third-order valence-electron chi connectivity index (χ3n) is 5.07. The molecule has 132 valence electrons. The van der Waals surface area contributed by atoms with Crippen molar-refractivity contribution in [2.75, 3.05) is 6.54 Å². The van der Waals surface area contributed by atoms with E-state index in [2.05, 4.69) is 40.6 Å². The number of benzene rings is 1. The Labute approximate surface area is 151 Å². The van der Waals surface area contributed by atoms with Gasteiger partial charge in [0.05, 0.1) is 4.83 Å². The van der Waals surface area contributed by atoms with Crippen molar-refractivity contribution in [3.63, 3.8) is 0 Å². The van der Waals surface area contributed by atoms with Crippen molar-refractivity contribution in [1.82, 2.24) is 15.8 Å². The topological polar surface area (TPSA) is 44.4 Å². The monoisotopic (exact) mass is 397 g/mol. The van der Waals surface area contributed by atoms with Gasteiger partial charge in [0.15, 0.2) is 0 Å². The van der Waals surface area contributed by atoms with Crippen LogP contribution in [0.25, 0.3) is 0 Å². The van der Waals surface area contributed by atoms with Gasteiger partial charge >= 0.3 is 0 Å². The quantitative estimate of drug-likeness (QED) is 0.767. The van der Waals surface area contributed by atoms with Gasteiger partial charge in [-0.05, 0) is 42.9 Å². The average Bonchev–Trinajstić information content (AvgIpc) is 3.13. The molecule has 2 saturated heterocycles. The Kier molecular flexibility index (Phi) is 5.57.